The number of likely N-dealkylation sites (N-methyl/N-ethyl adjacent to an activating group) is 1. The Labute approximate surface area is 301 Å². The summed E-state index contributed by atoms with van der Waals surface area (Å²) in [6, 6.07) is -0.728. The van der Waals surface area contributed by atoms with E-state index in [4.69, 9.17) is 14.2 Å². The molecule has 0 aromatic rings. The highest BCUT2D eigenvalue weighted by Crippen LogP contribution is 2.13. The van der Waals surface area contributed by atoms with E-state index in [1.165, 1.54) is 83.5 Å². The lowest BCUT2D eigenvalue weighted by atomic mass is 10.1. The molecule has 0 aliphatic rings. The quantitative estimate of drug-likeness (QED) is 0.0283. The molecule has 0 rings (SSSR count). The normalized spacial score (nSPS) is 13.2. The van der Waals surface area contributed by atoms with Crippen LogP contribution in [-0.2, 0) is 28.6 Å². The topological polar surface area (TPSA) is 102 Å². The molecule has 0 aliphatic carbocycles. The first-order chi connectivity index (χ1) is 23.6. The first kappa shape index (κ1) is 46.8. The van der Waals surface area contributed by atoms with Crippen molar-refractivity contribution in [1.82, 2.24) is 0 Å². The van der Waals surface area contributed by atoms with E-state index in [1.807, 2.05) is 6.08 Å². The molecule has 49 heavy (non-hydrogen) atoms. The van der Waals surface area contributed by atoms with Crippen LogP contribution >= 0.6 is 0 Å². The maximum absolute atomic E-state index is 12.5. The highest BCUT2D eigenvalue weighted by Gasteiger charge is 2.25. The summed E-state index contributed by atoms with van der Waals surface area (Å²) in [5, 5.41) is 11.5. The van der Waals surface area contributed by atoms with Gasteiger partial charge in [-0.15, -0.1) is 0 Å². The fourth-order valence-electron chi connectivity index (χ4n) is 5.67. The van der Waals surface area contributed by atoms with Crippen LogP contribution in [0.3, 0.4) is 0 Å². The molecule has 0 radical (unpaired) electrons. The van der Waals surface area contributed by atoms with E-state index in [2.05, 4.69) is 32.1 Å². The molecule has 2 atom stereocenters. The third kappa shape index (κ3) is 31.5. The SMILES string of the molecule is CCCCC/C=C/CCC(=O)OC(COCCC(C(=O)[O-])[N+](C)(C)C)COC(=O)CCCCCCC/C=C/CCCCCCCCCCC. The van der Waals surface area contributed by atoms with E-state index in [1.54, 1.807) is 21.1 Å². The Morgan fingerprint density at radius 3 is 1.59 bits per heavy atom. The largest absolute Gasteiger partial charge is 0.544 e. The van der Waals surface area contributed by atoms with Crippen LogP contribution in [-0.4, -0.2) is 75.5 Å². The first-order valence-corrected chi connectivity index (χ1v) is 19.9. The van der Waals surface area contributed by atoms with Crippen LogP contribution in [0.25, 0.3) is 0 Å². The van der Waals surface area contributed by atoms with E-state index in [0.717, 1.165) is 44.9 Å². The average molecular weight is 694 g/mol. The average Bonchev–Trinajstić information content (AvgIpc) is 3.05. The van der Waals surface area contributed by atoms with Gasteiger partial charge in [0.2, 0.25) is 0 Å². The summed E-state index contributed by atoms with van der Waals surface area (Å²) < 4.78 is 17.0. The monoisotopic (exact) mass is 694 g/mol. The molecule has 8 heteroatoms. The molecular weight excluding hydrogens is 618 g/mol. The number of quaternary nitrogens is 1. The summed E-state index contributed by atoms with van der Waals surface area (Å²) in [5.74, 6) is -1.81. The molecule has 2 unspecified atom stereocenters. The molecular formula is C41H75NO7. The fourth-order valence-corrected chi connectivity index (χ4v) is 5.67. The van der Waals surface area contributed by atoms with Crippen molar-refractivity contribution in [3.05, 3.63) is 24.3 Å². The first-order valence-electron chi connectivity index (χ1n) is 19.9. The van der Waals surface area contributed by atoms with Crippen molar-refractivity contribution in [2.45, 2.75) is 180 Å². The van der Waals surface area contributed by atoms with Crippen molar-refractivity contribution in [3.63, 3.8) is 0 Å². The van der Waals surface area contributed by atoms with Crippen LogP contribution in [0.1, 0.15) is 168 Å². The molecule has 0 heterocycles. The van der Waals surface area contributed by atoms with Gasteiger partial charge in [0.25, 0.3) is 0 Å². The van der Waals surface area contributed by atoms with E-state index in [0.29, 0.717) is 12.8 Å². The molecule has 8 nitrogen and oxygen atoms in total. The van der Waals surface area contributed by atoms with Crippen molar-refractivity contribution < 1.29 is 38.2 Å². The predicted octanol–water partition coefficient (Wildman–Crippen LogP) is 8.80. The number of unbranched alkanes of at least 4 members (excludes halogenated alkanes) is 17. The van der Waals surface area contributed by atoms with Gasteiger partial charge in [-0.05, 0) is 51.4 Å². The zero-order chi connectivity index (χ0) is 36.4. The van der Waals surface area contributed by atoms with E-state index < -0.39 is 18.1 Å². The Morgan fingerprint density at radius 1 is 0.592 bits per heavy atom. The summed E-state index contributed by atoms with van der Waals surface area (Å²) in [7, 11) is 5.38. The zero-order valence-electron chi connectivity index (χ0n) is 32.4. The molecule has 0 aliphatic heterocycles. The lowest BCUT2D eigenvalue weighted by molar-refractivity contribution is -0.889. The van der Waals surface area contributed by atoms with Crippen molar-refractivity contribution in [3.8, 4) is 0 Å². The third-order valence-corrected chi connectivity index (χ3v) is 8.82. The highest BCUT2D eigenvalue weighted by atomic mass is 16.6. The van der Waals surface area contributed by atoms with Gasteiger partial charge in [0.1, 0.15) is 12.6 Å². The van der Waals surface area contributed by atoms with Gasteiger partial charge >= 0.3 is 11.9 Å². The van der Waals surface area contributed by atoms with Crippen LogP contribution in [0, 0.1) is 0 Å². The molecule has 0 spiro atoms. The Balaban J connectivity index is 4.28. The predicted molar refractivity (Wildman–Crippen MR) is 199 cm³/mol. The van der Waals surface area contributed by atoms with Gasteiger partial charge in [-0.1, -0.05) is 122 Å². The number of allylic oxidation sites excluding steroid dienone is 4. The molecule has 0 bridgehead atoms. The van der Waals surface area contributed by atoms with Gasteiger partial charge < -0.3 is 28.6 Å². The number of ether oxygens (including phenoxy) is 3. The molecule has 0 N–H and O–H groups in total. The number of carbonyl (C=O) groups excluding carboxylic acids is 3. The van der Waals surface area contributed by atoms with Gasteiger partial charge in [0.15, 0.2) is 6.10 Å². The molecule has 0 saturated heterocycles. The molecule has 0 amide bonds. The lowest BCUT2D eigenvalue weighted by Crippen LogP contribution is -2.55. The highest BCUT2D eigenvalue weighted by molar-refractivity contribution is 5.70. The Hall–Kier alpha value is -2.19. The third-order valence-electron chi connectivity index (χ3n) is 8.82. The minimum Gasteiger partial charge on any atom is -0.544 e. The summed E-state index contributed by atoms with van der Waals surface area (Å²) in [6.45, 7) is 4.54. The number of nitrogens with zero attached hydrogens (tertiary/aromatic N) is 1. The number of hydrogen-bond donors (Lipinski definition) is 0. The maximum Gasteiger partial charge on any atom is 0.306 e. The van der Waals surface area contributed by atoms with Gasteiger partial charge in [-0.25, -0.2) is 0 Å². The molecule has 0 saturated carbocycles. The number of esters is 2. The summed E-state index contributed by atoms with van der Waals surface area (Å²) in [5.41, 5.74) is 0. The number of carboxylic acid groups (broad SMARTS) is 1. The molecule has 0 fully saturated rings. The van der Waals surface area contributed by atoms with Gasteiger partial charge in [-0.3, -0.25) is 9.59 Å². The smallest absolute Gasteiger partial charge is 0.306 e. The minimum absolute atomic E-state index is 0.0242. The summed E-state index contributed by atoms with van der Waals surface area (Å²) in [4.78, 5) is 36.5. The van der Waals surface area contributed by atoms with E-state index in [-0.39, 0.29) is 49.1 Å². The fraction of sp³-hybridized carbons (Fsp3) is 0.829. The second-order valence-corrected chi connectivity index (χ2v) is 14.5. The minimum atomic E-state index is -1.13. The number of aliphatic carboxylic acids is 1. The number of carboxylic acids is 1. The second kappa shape index (κ2) is 33.0. The molecule has 0 aromatic carbocycles. The maximum atomic E-state index is 12.5. The van der Waals surface area contributed by atoms with Crippen LogP contribution in [0.2, 0.25) is 0 Å². The van der Waals surface area contributed by atoms with Gasteiger partial charge in [-0.2, -0.15) is 0 Å². The molecule has 0 aromatic heterocycles. The molecule has 286 valence electrons. The lowest BCUT2D eigenvalue weighted by Gasteiger charge is -2.34. The van der Waals surface area contributed by atoms with Crippen molar-refractivity contribution in [1.29, 1.82) is 0 Å². The van der Waals surface area contributed by atoms with Crippen LogP contribution < -0.4 is 5.11 Å². The summed E-state index contributed by atoms with van der Waals surface area (Å²) in [6.07, 6.45) is 33.8. The van der Waals surface area contributed by atoms with Crippen LogP contribution in [0.4, 0.5) is 0 Å². The van der Waals surface area contributed by atoms with Crippen LogP contribution in [0.15, 0.2) is 24.3 Å². The van der Waals surface area contributed by atoms with Crippen LogP contribution in [0.5, 0.6) is 0 Å². The zero-order valence-corrected chi connectivity index (χ0v) is 32.4. The Kier molecular flexibility index (Phi) is 31.5. The van der Waals surface area contributed by atoms with Gasteiger partial charge in [0, 0.05) is 19.3 Å². The Bertz CT molecular complexity index is 864. The Morgan fingerprint density at radius 2 is 1.06 bits per heavy atom. The van der Waals surface area contributed by atoms with Gasteiger partial charge in [0.05, 0.1) is 40.3 Å². The number of hydrogen-bond acceptors (Lipinski definition) is 7. The standard InChI is InChI=1S/C41H75NO7/c1-6-8-10-12-14-15-16-17-18-19-20-21-22-23-24-26-27-29-31-39(43)48-36-37(35-47-34-33-38(41(45)46)42(3,4)5)49-40(44)32-30-28-25-13-11-9-7-2/h20-21,25,28,37-38H,6-19,22-24,26-27,29-36H2,1-5H3/b21-20+,28-25+. The number of carbonyl (C=O) groups is 3. The van der Waals surface area contributed by atoms with E-state index >= 15 is 0 Å². The van der Waals surface area contributed by atoms with Crippen molar-refractivity contribution >= 4 is 17.9 Å². The van der Waals surface area contributed by atoms with E-state index in [9.17, 15) is 19.5 Å². The van der Waals surface area contributed by atoms with Crippen molar-refractivity contribution in [2.24, 2.45) is 0 Å². The van der Waals surface area contributed by atoms with Crippen molar-refractivity contribution in [2.75, 3.05) is 41.0 Å². The number of rotatable bonds is 35. The summed E-state index contributed by atoms with van der Waals surface area (Å²) >= 11 is 0. The second-order valence-electron chi connectivity index (χ2n) is 14.5.